The van der Waals surface area contributed by atoms with E-state index in [9.17, 15) is 0 Å². The topological polar surface area (TPSA) is 46.0 Å². The zero-order valence-electron chi connectivity index (χ0n) is 19.2. The lowest BCUT2D eigenvalue weighted by Crippen LogP contribution is -2.31. The van der Waals surface area contributed by atoms with Crippen LogP contribution in [0.3, 0.4) is 0 Å². The minimum Gasteiger partial charge on any atom is -0.309 e. The largest absolute Gasteiger partial charge is 0.309 e. The number of aryl methyl sites for hydroxylation is 2. The molecule has 1 atom stereocenters. The van der Waals surface area contributed by atoms with E-state index in [1.165, 1.54) is 22.3 Å². The van der Waals surface area contributed by atoms with Crippen LogP contribution in [-0.4, -0.2) is 40.5 Å². The predicted octanol–water partition coefficient (Wildman–Crippen LogP) is 4.48. The molecule has 1 heterocycles. The third kappa shape index (κ3) is 6.00. The van der Waals surface area contributed by atoms with Gasteiger partial charge in [0.1, 0.15) is 0 Å². The monoisotopic (exact) mass is 405 g/mol. The molecular weight excluding hydrogens is 370 g/mol. The fourth-order valence-corrected chi connectivity index (χ4v) is 3.85. The molecule has 0 aliphatic rings. The Bertz CT molecular complexity index is 920. The van der Waals surface area contributed by atoms with Crippen LogP contribution >= 0.6 is 0 Å². The Labute approximate surface area is 181 Å². The molecule has 1 aromatic heterocycles. The molecule has 1 unspecified atom stereocenters. The van der Waals surface area contributed by atoms with E-state index in [1.54, 1.807) is 4.80 Å². The van der Waals surface area contributed by atoms with Crippen molar-refractivity contribution in [2.75, 3.05) is 20.6 Å². The van der Waals surface area contributed by atoms with E-state index in [0.29, 0.717) is 18.5 Å². The van der Waals surface area contributed by atoms with Gasteiger partial charge in [0.05, 0.1) is 17.6 Å². The lowest BCUT2D eigenvalue weighted by Gasteiger charge is -2.25. The van der Waals surface area contributed by atoms with Gasteiger partial charge in [-0.15, -0.1) is 0 Å². The van der Waals surface area contributed by atoms with Gasteiger partial charge in [0.15, 0.2) is 0 Å². The maximum Gasteiger partial charge on any atom is 0.0969 e. The van der Waals surface area contributed by atoms with Gasteiger partial charge in [-0.3, -0.25) is 0 Å². The summed E-state index contributed by atoms with van der Waals surface area (Å²) < 4.78 is 0. The zero-order chi connectivity index (χ0) is 21.7. The van der Waals surface area contributed by atoms with Crippen molar-refractivity contribution in [3.63, 3.8) is 0 Å². The van der Waals surface area contributed by atoms with Gasteiger partial charge in [-0.05, 0) is 74.7 Å². The van der Waals surface area contributed by atoms with Crippen LogP contribution in [0.4, 0.5) is 0 Å². The molecule has 3 aromatic rings. The van der Waals surface area contributed by atoms with E-state index in [4.69, 9.17) is 0 Å². The van der Waals surface area contributed by atoms with Gasteiger partial charge in [0.25, 0.3) is 0 Å². The number of nitrogens with zero attached hydrogens (tertiary/aromatic N) is 4. The van der Waals surface area contributed by atoms with E-state index < -0.39 is 0 Å². The molecule has 0 fully saturated rings. The Morgan fingerprint density at radius 3 is 2.27 bits per heavy atom. The molecule has 5 nitrogen and oxygen atoms in total. The van der Waals surface area contributed by atoms with Crippen LogP contribution in [0.15, 0.2) is 48.7 Å². The second kappa shape index (κ2) is 10.0. The predicted molar refractivity (Wildman–Crippen MR) is 124 cm³/mol. The Hall–Kier alpha value is -2.50. The maximum absolute atomic E-state index is 4.65. The second-order valence-corrected chi connectivity index (χ2v) is 8.92. The highest BCUT2D eigenvalue weighted by Gasteiger charge is 2.14. The SMILES string of the molecule is Cc1cc(C)cc(-n2ncc(CNCC(c3ccc(CC(C)C)cc3)N(C)C)n2)c1. The molecule has 0 amide bonds. The Kier molecular flexibility index (Phi) is 7.40. The number of benzene rings is 2. The molecule has 3 rings (SSSR count). The van der Waals surface area contributed by atoms with E-state index in [-0.39, 0.29) is 0 Å². The third-order valence-electron chi connectivity index (χ3n) is 5.25. The highest BCUT2D eigenvalue weighted by molar-refractivity contribution is 5.37. The van der Waals surface area contributed by atoms with E-state index in [2.05, 4.69) is 105 Å². The maximum atomic E-state index is 4.65. The summed E-state index contributed by atoms with van der Waals surface area (Å²) in [4.78, 5) is 3.98. The fraction of sp³-hybridized carbons (Fsp3) is 0.440. The highest BCUT2D eigenvalue weighted by atomic mass is 15.5. The molecule has 0 aliphatic carbocycles. The molecule has 0 spiro atoms. The van der Waals surface area contributed by atoms with Crippen molar-refractivity contribution in [3.05, 3.63) is 76.6 Å². The molecule has 0 saturated carbocycles. The number of rotatable bonds is 9. The lowest BCUT2D eigenvalue weighted by molar-refractivity contribution is 0.288. The molecular formula is C25H35N5. The van der Waals surface area contributed by atoms with Crippen molar-refractivity contribution in [2.24, 2.45) is 5.92 Å². The second-order valence-electron chi connectivity index (χ2n) is 8.92. The first-order chi connectivity index (χ1) is 14.3. The smallest absolute Gasteiger partial charge is 0.0969 e. The average molecular weight is 406 g/mol. The highest BCUT2D eigenvalue weighted by Crippen LogP contribution is 2.19. The standard InChI is InChI=1S/C25H35N5/c1-18(2)11-21-7-9-22(10-8-21)25(29(5)6)17-26-15-23-16-27-30(28-23)24-13-19(3)12-20(4)14-24/h7-10,12-14,16,18,25-26H,11,15,17H2,1-6H3. The van der Waals surface area contributed by atoms with Gasteiger partial charge in [0.2, 0.25) is 0 Å². The first-order valence-corrected chi connectivity index (χ1v) is 10.8. The average Bonchev–Trinajstić information content (AvgIpc) is 3.14. The first-order valence-electron chi connectivity index (χ1n) is 10.8. The quantitative estimate of drug-likeness (QED) is 0.570. The molecule has 0 saturated heterocycles. The number of nitrogens with one attached hydrogen (secondary N) is 1. The van der Waals surface area contributed by atoms with Gasteiger partial charge in [-0.1, -0.05) is 44.2 Å². The molecule has 0 bridgehead atoms. The number of hydrogen-bond acceptors (Lipinski definition) is 4. The van der Waals surface area contributed by atoms with Crippen LogP contribution in [0, 0.1) is 19.8 Å². The van der Waals surface area contributed by atoms with Gasteiger partial charge in [-0.25, -0.2) is 0 Å². The summed E-state index contributed by atoms with van der Waals surface area (Å²) in [5, 5.41) is 12.7. The van der Waals surface area contributed by atoms with Crippen LogP contribution in [-0.2, 0) is 13.0 Å². The van der Waals surface area contributed by atoms with Gasteiger partial charge >= 0.3 is 0 Å². The van der Waals surface area contributed by atoms with E-state index in [0.717, 1.165) is 24.3 Å². The molecule has 0 radical (unpaired) electrons. The Balaban J connectivity index is 1.60. The summed E-state index contributed by atoms with van der Waals surface area (Å²) >= 11 is 0. The van der Waals surface area contributed by atoms with Gasteiger partial charge in [-0.2, -0.15) is 15.0 Å². The first kappa shape index (κ1) is 22.2. The summed E-state index contributed by atoms with van der Waals surface area (Å²) in [7, 11) is 4.26. The van der Waals surface area contributed by atoms with Crippen LogP contribution in [0.5, 0.6) is 0 Å². The third-order valence-corrected chi connectivity index (χ3v) is 5.25. The summed E-state index contributed by atoms with van der Waals surface area (Å²) in [6.07, 6.45) is 2.97. The normalized spacial score (nSPS) is 12.7. The van der Waals surface area contributed by atoms with Crippen LogP contribution in [0.1, 0.15) is 47.8 Å². The van der Waals surface area contributed by atoms with Crippen molar-refractivity contribution in [2.45, 2.75) is 46.7 Å². The number of likely N-dealkylation sites (N-methyl/N-ethyl adjacent to an activating group) is 1. The van der Waals surface area contributed by atoms with Crippen molar-refractivity contribution in [1.82, 2.24) is 25.2 Å². The van der Waals surface area contributed by atoms with Crippen molar-refractivity contribution in [3.8, 4) is 5.69 Å². The Morgan fingerprint density at radius 2 is 1.67 bits per heavy atom. The molecule has 5 heteroatoms. The van der Waals surface area contributed by atoms with Gasteiger partial charge in [0, 0.05) is 19.1 Å². The number of aromatic nitrogens is 3. The molecule has 2 aromatic carbocycles. The summed E-state index contributed by atoms with van der Waals surface area (Å²) in [5.41, 5.74) is 7.12. The number of hydrogen-bond donors (Lipinski definition) is 1. The molecule has 30 heavy (non-hydrogen) atoms. The van der Waals surface area contributed by atoms with Crippen LogP contribution < -0.4 is 5.32 Å². The van der Waals surface area contributed by atoms with Crippen molar-refractivity contribution < 1.29 is 0 Å². The minimum absolute atomic E-state index is 0.313. The summed E-state index contributed by atoms with van der Waals surface area (Å²) in [6, 6.07) is 15.7. The molecule has 0 aliphatic heterocycles. The van der Waals surface area contributed by atoms with Crippen LogP contribution in [0.2, 0.25) is 0 Å². The van der Waals surface area contributed by atoms with Crippen molar-refractivity contribution in [1.29, 1.82) is 0 Å². The Morgan fingerprint density at radius 1 is 1.00 bits per heavy atom. The lowest BCUT2D eigenvalue weighted by atomic mass is 9.99. The van der Waals surface area contributed by atoms with Gasteiger partial charge < -0.3 is 10.2 Å². The zero-order valence-corrected chi connectivity index (χ0v) is 19.2. The molecule has 160 valence electrons. The molecule has 1 N–H and O–H groups in total. The van der Waals surface area contributed by atoms with E-state index >= 15 is 0 Å². The van der Waals surface area contributed by atoms with E-state index in [1.807, 2.05) is 6.20 Å². The van der Waals surface area contributed by atoms with Crippen LogP contribution in [0.25, 0.3) is 5.69 Å². The fourth-order valence-electron chi connectivity index (χ4n) is 3.85. The summed E-state index contributed by atoms with van der Waals surface area (Å²) in [6.45, 7) is 10.3. The van der Waals surface area contributed by atoms with Crippen molar-refractivity contribution >= 4 is 0 Å². The summed E-state index contributed by atoms with van der Waals surface area (Å²) in [5.74, 6) is 0.680. The minimum atomic E-state index is 0.313.